The first-order chi connectivity index (χ1) is 6.95. The largest absolute Gasteiger partial charge is 0.311 e. The highest BCUT2D eigenvalue weighted by molar-refractivity contribution is 4.96. The Morgan fingerprint density at radius 3 is 3.07 bits per heavy atom. The fourth-order valence-corrected chi connectivity index (χ4v) is 1.56. The smallest absolute Gasteiger partial charge is 0.115 e. The fraction of sp³-hybridized carbons (Fsp3) is 0.636. The summed E-state index contributed by atoms with van der Waals surface area (Å²) in [4.78, 5) is 8.03. The molecule has 1 aliphatic rings. The summed E-state index contributed by atoms with van der Waals surface area (Å²) in [5.41, 5.74) is 1.08. The van der Waals surface area contributed by atoms with Crippen LogP contribution < -0.4 is 5.32 Å². The molecule has 76 valence electrons. The second kappa shape index (κ2) is 5.05. The van der Waals surface area contributed by atoms with Crippen molar-refractivity contribution in [2.24, 2.45) is 5.92 Å². The molecule has 1 fully saturated rings. The van der Waals surface area contributed by atoms with Crippen LogP contribution in [0.25, 0.3) is 0 Å². The molecule has 0 atom stereocenters. The summed E-state index contributed by atoms with van der Waals surface area (Å²) in [6, 6.07) is 1.95. The van der Waals surface area contributed by atoms with Crippen LogP contribution in [-0.4, -0.2) is 16.5 Å². The molecule has 14 heavy (non-hydrogen) atoms. The maximum Gasteiger partial charge on any atom is 0.115 e. The Morgan fingerprint density at radius 2 is 2.36 bits per heavy atom. The van der Waals surface area contributed by atoms with Gasteiger partial charge in [-0.05, 0) is 31.4 Å². The summed E-state index contributed by atoms with van der Waals surface area (Å²) in [5, 5.41) is 3.39. The van der Waals surface area contributed by atoms with Gasteiger partial charge in [0, 0.05) is 12.7 Å². The second-order valence-corrected chi connectivity index (χ2v) is 3.96. The lowest BCUT2D eigenvalue weighted by molar-refractivity contribution is 0.589. The predicted molar refractivity (Wildman–Crippen MR) is 55.7 cm³/mol. The zero-order valence-corrected chi connectivity index (χ0v) is 8.45. The summed E-state index contributed by atoms with van der Waals surface area (Å²) < 4.78 is 0. The van der Waals surface area contributed by atoms with Crippen molar-refractivity contribution in [2.45, 2.75) is 32.2 Å². The summed E-state index contributed by atoms with van der Waals surface area (Å²) in [5.74, 6) is 1.05. The molecule has 1 saturated carbocycles. The maximum atomic E-state index is 4.15. The molecule has 1 aromatic rings. The van der Waals surface area contributed by atoms with Gasteiger partial charge in [0.1, 0.15) is 6.33 Å². The third-order valence-corrected chi connectivity index (χ3v) is 2.61. The highest BCUT2D eigenvalue weighted by atomic mass is 14.9. The molecule has 0 saturated heterocycles. The molecule has 0 amide bonds. The average Bonchev–Trinajstić information content (AvgIpc) is 3.03. The van der Waals surface area contributed by atoms with Gasteiger partial charge >= 0.3 is 0 Å². The number of nitrogens with zero attached hydrogens (tertiary/aromatic N) is 2. The van der Waals surface area contributed by atoms with E-state index in [-0.39, 0.29) is 0 Å². The Labute approximate surface area is 85.0 Å². The highest BCUT2D eigenvalue weighted by Gasteiger charge is 2.19. The van der Waals surface area contributed by atoms with E-state index in [4.69, 9.17) is 0 Å². The Hall–Kier alpha value is -0.960. The number of aromatic nitrogens is 2. The van der Waals surface area contributed by atoms with E-state index in [0.29, 0.717) is 0 Å². The molecule has 0 aromatic carbocycles. The van der Waals surface area contributed by atoms with Gasteiger partial charge in [-0.3, -0.25) is 0 Å². The topological polar surface area (TPSA) is 37.8 Å². The monoisotopic (exact) mass is 191 g/mol. The van der Waals surface area contributed by atoms with Gasteiger partial charge in [0.25, 0.3) is 0 Å². The number of hydrogen-bond acceptors (Lipinski definition) is 3. The van der Waals surface area contributed by atoms with Gasteiger partial charge in [0.2, 0.25) is 0 Å². The Kier molecular flexibility index (Phi) is 3.46. The number of nitrogens with one attached hydrogen (secondary N) is 1. The van der Waals surface area contributed by atoms with Gasteiger partial charge in [-0.15, -0.1) is 0 Å². The molecule has 0 aliphatic heterocycles. The van der Waals surface area contributed by atoms with Crippen LogP contribution in [0.15, 0.2) is 18.6 Å². The fourth-order valence-electron chi connectivity index (χ4n) is 1.56. The third kappa shape index (κ3) is 3.42. The Morgan fingerprint density at radius 1 is 1.43 bits per heavy atom. The normalized spacial score (nSPS) is 15.7. The van der Waals surface area contributed by atoms with Gasteiger partial charge in [-0.25, -0.2) is 9.97 Å². The zero-order valence-electron chi connectivity index (χ0n) is 8.45. The van der Waals surface area contributed by atoms with Crippen molar-refractivity contribution in [1.29, 1.82) is 0 Å². The van der Waals surface area contributed by atoms with Crippen LogP contribution in [0.5, 0.6) is 0 Å². The molecular formula is C11H17N3. The molecular weight excluding hydrogens is 174 g/mol. The minimum Gasteiger partial charge on any atom is -0.311 e. The molecule has 0 radical (unpaired) electrons. The maximum absolute atomic E-state index is 4.15. The molecule has 0 unspecified atom stereocenters. The summed E-state index contributed by atoms with van der Waals surface area (Å²) in [7, 11) is 0. The molecule has 1 aliphatic carbocycles. The third-order valence-electron chi connectivity index (χ3n) is 2.61. The molecule has 1 N–H and O–H groups in total. The summed E-state index contributed by atoms with van der Waals surface area (Å²) in [6.45, 7) is 1.98. The van der Waals surface area contributed by atoms with Crippen LogP contribution in [0.1, 0.15) is 31.4 Å². The zero-order chi connectivity index (χ0) is 9.64. The molecule has 1 aromatic heterocycles. The van der Waals surface area contributed by atoms with Crippen molar-refractivity contribution in [3.05, 3.63) is 24.3 Å². The molecule has 0 spiro atoms. The lowest BCUT2D eigenvalue weighted by Crippen LogP contribution is -2.15. The van der Waals surface area contributed by atoms with E-state index in [2.05, 4.69) is 15.3 Å². The predicted octanol–water partition coefficient (Wildman–Crippen LogP) is 1.76. The molecule has 3 nitrogen and oxygen atoms in total. The van der Waals surface area contributed by atoms with Crippen LogP contribution in [0.4, 0.5) is 0 Å². The average molecular weight is 191 g/mol. The summed E-state index contributed by atoms with van der Waals surface area (Å²) in [6.07, 6.45) is 9.01. The van der Waals surface area contributed by atoms with E-state index in [0.717, 1.165) is 24.7 Å². The first-order valence-corrected chi connectivity index (χ1v) is 5.41. The lowest BCUT2D eigenvalue weighted by Gasteiger charge is -2.02. The van der Waals surface area contributed by atoms with Gasteiger partial charge in [-0.1, -0.05) is 12.8 Å². The first kappa shape index (κ1) is 9.59. The van der Waals surface area contributed by atoms with E-state index in [9.17, 15) is 0 Å². The number of rotatable bonds is 6. The highest BCUT2D eigenvalue weighted by Crippen LogP contribution is 2.33. The van der Waals surface area contributed by atoms with E-state index in [1.807, 2.05) is 6.07 Å². The lowest BCUT2D eigenvalue weighted by atomic mass is 10.2. The quantitative estimate of drug-likeness (QED) is 0.696. The first-order valence-electron chi connectivity index (χ1n) is 5.41. The van der Waals surface area contributed by atoms with Crippen LogP contribution in [-0.2, 0) is 6.54 Å². The van der Waals surface area contributed by atoms with E-state index >= 15 is 0 Å². The molecule has 1 heterocycles. The van der Waals surface area contributed by atoms with Gasteiger partial charge in [0.05, 0.1) is 5.69 Å². The van der Waals surface area contributed by atoms with E-state index < -0.39 is 0 Å². The van der Waals surface area contributed by atoms with Crippen molar-refractivity contribution in [2.75, 3.05) is 6.54 Å². The van der Waals surface area contributed by atoms with E-state index in [1.165, 1.54) is 25.7 Å². The van der Waals surface area contributed by atoms with Crippen molar-refractivity contribution >= 4 is 0 Å². The van der Waals surface area contributed by atoms with Gasteiger partial charge in [0.15, 0.2) is 0 Å². The van der Waals surface area contributed by atoms with Crippen LogP contribution >= 0.6 is 0 Å². The molecule has 2 rings (SSSR count). The minimum absolute atomic E-state index is 0.868. The van der Waals surface area contributed by atoms with Crippen LogP contribution in [0, 0.1) is 5.92 Å². The van der Waals surface area contributed by atoms with Crippen molar-refractivity contribution in [3.63, 3.8) is 0 Å². The van der Waals surface area contributed by atoms with Gasteiger partial charge < -0.3 is 5.32 Å². The minimum atomic E-state index is 0.868. The second-order valence-electron chi connectivity index (χ2n) is 3.96. The standard InChI is InChI=1S/C11H17N3/c1(2-10-3-4-10)6-12-8-11-5-7-13-9-14-11/h5,7,9-10,12H,1-4,6,8H2. The molecule has 3 heteroatoms. The van der Waals surface area contributed by atoms with Crippen LogP contribution in [0.2, 0.25) is 0 Å². The van der Waals surface area contributed by atoms with Gasteiger partial charge in [-0.2, -0.15) is 0 Å². The Balaban J connectivity index is 1.54. The van der Waals surface area contributed by atoms with Crippen molar-refractivity contribution < 1.29 is 0 Å². The van der Waals surface area contributed by atoms with E-state index in [1.54, 1.807) is 12.5 Å². The van der Waals surface area contributed by atoms with Crippen molar-refractivity contribution in [1.82, 2.24) is 15.3 Å². The van der Waals surface area contributed by atoms with Crippen LogP contribution in [0.3, 0.4) is 0 Å². The van der Waals surface area contributed by atoms with Crippen molar-refractivity contribution in [3.8, 4) is 0 Å². The Bertz CT molecular complexity index is 256. The molecule has 0 bridgehead atoms. The number of hydrogen-bond donors (Lipinski definition) is 1. The summed E-state index contributed by atoms with van der Waals surface area (Å²) >= 11 is 0. The SMILES string of the molecule is c1cc(CNCCCC2CC2)ncn1.